The van der Waals surface area contributed by atoms with Crippen LogP contribution in [0.1, 0.15) is 39.7 Å². The van der Waals surface area contributed by atoms with Crippen LogP contribution in [0.2, 0.25) is 0 Å². The molecule has 0 spiro atoms. The standard InChI is InChI=1S/C10H18N4O2/c1-4-5-6-11-10-9(14(15)16)7-13(12-10)8(2)3/h7-8H,4-6H2,1-3H3,(H,11,12). The van der Waals surface area contributed by atoms with Gasteiger partial charge in [-0.3, -0.25) is 14.8 Å². The maximum absolute atomic E-state index is 10.8. The zero-order chi connectivity index (χ0) is 12.1. The maximum atomic E-state index is 10.8. The topological polar surface area (TPSA) is 73.0 Å². The van der Waals surface area contributed by atoms with Crippen LogP contribution in [-0.2, 0) is 0 Å². The molecule has 90 valence electrons. The van der Waals surface area contributed by atoms with Crippen LogP contribution >= 0.6 is 0 Å². The normalized spacial score (nSPS) is 10.8. The summed E-state index contributed by atoms with van der Waals surface area (Å²) < 4.78 is 1.60. The number of rotatable bonds is 6. The summed E-state index contributed by atoms with van der Waals surface area (Å²) in [5.74, 6) is 0.368. The van der Waals surface area contributed by atoms with E-state index in [-0.39, 0.29) is 11.7 Å². The second kappa shape index (κ2) is 5.48. The molecule has 6 heteroatoms. The third-order valence-corrected chi connectivity index (χ3v) is 2.26. The monoisotopic (exact) mass is 226 g/mol. The molecule has 0 atom stereocenters. The van der Waals surface area contributed by atoms with Gasteiger partial charge in [-0.25, -0.2) is 0 Å². The first-order valence-corrected chi connectivity index (χ1v) is 5.53. The molecule has 1 aromatic rings. The lowest BCUT2D eigenvalue weighted by atomic mass is 10.3. The summed E-state index contributed by atoms with van der Waals surface area (Å²) in [6, 6.07) is 0.125. The van der Waals surface area contributed by atoms with E-state index in [1.807, 2.05) is 13.8 Å². The fourth-order valence-electron chi connectivity index (χ4n) is 1.29. The number of nitrogens with one attached hydrogen (secondary N) is 1. The molecule has 1 aromatic heterocycles. The first-order valence-electron chi connectivity index (χ1n) is 5.53. The number of unbranched alkanes of at least 4 members (excludes halogenated alkanes) is 1. The molecule has 0 amide bonds. The zero-order valence-corrected chi connectivity index (χ0v) is 9.93. The van der Waals surface area contributed by atoms with Gasteiger partial charge in [0.25, 0.3) is 0 Å². The first kappa shape index (κ1) is 12.5. The highest BCUT2D eigenvalue weighted by atomic mass is 16.6. The summed E-state index contributed by atoms with van der Waals surface area (Å²) in [5, 5.41) is 18.0. The molecule has 16 heavy (non-hydrogen) atoms. The van der Waals surface area contributed by atoms with Crippen molar-refractivity contribution in [3.05, 3.63) is 16.3 Å². The average molecular weight is 226 g/mol. The van der Waals surface area contributed by atoms with E-state index < -0.39 is 4.92 Å². The molecular weight excluding hydrogens is 208 g/mol. The van der Waals surface area contributed by atoms with Crippen LogP contribution in [0.25, 0.3) is 0 Å². The molecule has 0 bridgehead atoms. The molecule has 0 unspecified atom stereocenters. The van der Waals surface area contributed by atoms with Gasteiger partial charge in [0.15, 0.2) is 0 Å². The van der Waals surface area contributed by atoms with Crippen molar-refractivity contribution in [2.75, 3.05) is 11.9 Å². The van der Waals surface area contributed by atoms with Crippen molar-refractivity contribution in [2.24, 2.45) is 0 Å². The molecule has 0 saturated carbocycles. The number of hydrogen-bond acceptors (Lipinski definition) is 4. The second-order valence-electron chi connectivity index (χ2n) is 3.97. The van der Waals surface area contributed by atoms with Crippen molar-refractivity contribution in [1.29, 1.82) is 0 Å². The molecule has 0 aliphatic heterocycles. The van der Waals surface area contributed by atoms with Gasteiger partial charge in [-0.05, 0) is 20.3 Å². The summed E-state index contributed by atoms with van der Waals surface area (Å²) in [5.41, 5.74) is 0.0461. The van der Waals surface area contributed by atoms with Crippen LogP contribution in [-0.4, -0.2) is 21.2 Å². The van der Waals surface area contributed by atoms with Crippen molar-refractivity contribution in [2.45, 2.75) is 39.7 Å². The number of aromatic nitrogens is 2. The molecular formula is C10H18N4O2. The van der Waals surface area contributed by atoms with Crippen molar-refractivity contribution in [3.8, 4) is 0 Å². The average Bonchev–Trinajstić information content (AvgIpc) is 2.62. The molecule has 1 rings (SSSR count). The lowest BCUT2D eigenvalue weighted by Crippen LogP contribution is -2.05. The second-order valence-corrected chi connectivity index (χ2v) is 3.97. The van der Waals surface area contributed by atoms with Gasteiger partial charge >= 0.3 is 5.69 Å². The van der Waals surface area contributed by atoms with E-state index in [9.17, 15) is 10.1 Å². The minimum atomic E-state index is -0.403. The van der Waals surface area contributed by atoms with Crippen LogP contribution in [0.3, 0.4) is 0 Å². The summed E-state index contributed by atoms with van der Waals surface area (Å²) in [4.78, 5) is 10.4. The summed E-state index contributed by atoms with van der Waals surface area (Å²) in [6.07, 6.45) is 3.50. The van der Waals surface area contributed by atoms with Crippen LogP contribution in [0.15, 0.2) is 6.20 Å². The Hall–Kier alpha value is -1.59. The highest BCUT2D eigenvalue weighted by Gasteiger charge is 2.19. The van der Waals surface area contributed by atoms with Crippen molar-refractivity contribution >= 4 is 11.5 Å². The van der Waals surface area contributed by atoms with Crippen molar-refractivity contribution < 1.29 is 4.92 Å². The molecule has 0 aliphatic carbocycles. The van der Waals surface area contributed by atoms with Gasteiger partial charge in [0.05, 0.1) is 4.92 Å². The van der Waals surface area contributed by atoms with E-state index >= 15 is 0 Å². The van der Waals surface area contributed by atoms with Gasteiger partial charge in [0.1, 0.15) is 6.20 Å². The van der Waals surface area contributed by atoms with Gasteiger partial charge in [-0.2, -0.15) is 0 Å². The van der Waals surface area contributed by atoms with Crippen LogP contribution in [0, 0.1) is 10.1 Å². The van der Waals surface area contributed by atoms with Gasteiger partial charge in [0.2, 0.25) is 5.82 Å². The van der Waals surface area contributed by atoms with Crippen LogP contribution < -0.4 is 5.32 Å². The van der Waals surface area contributed by atoms with E-state index in [0.717, 1.165) is 12.8 Å². The number of hydrogen-bond donors (Lipinski definition) is 1. The molecule has 6 nitrogen and oxygen atoms in total. The van der Waals surface area contributed by atoms with Gasteiger partial charge < -0.3 is 5.32 Å². The third kappa shape index (κ3) is 2.95. The first-order chi connectivity index (χ1) is 7.56. The predicted octanol–water partition coefficient (Wildman–Crippen LogP) is 2.58. The quantitative estimate of drug-likeness (QED) is 0.459. The Bertz CT molecular complexity index is 360. The Morgan fingerprint density at radius 2 is 2.31 bits per heavy atom. The molecule has 1 heterocycles. The Morgan fingerprint density at radius 1 is 1.62 bits per heavy atom. The number of nitrogens with zero attached hydrogens (tertiary/aromatic N) is 3. The zero-order valence-electron chi connectivity index (χ0n) is 9.93. The highest BCUT2D eigenvalue weighted by molar-refractivity contribution is 5.54. The maximum Gasteiger partial charge on any atom is 0.330 e. The Morgan fingerprint density at radius 3 is 2.81 bits per heavy atom. The van der Waals surface area contributed by atoms with E-state index in [1.54, 1.807) is 4.68 Å². The molecule has 0 radical (unpaired) electrons. The summed E-state index contributed by atoms with van der Waals surface area (Å²) in [6.45, 7) is 6.66. The molecule has 0 fully saturated rings. The molecule has 0 aliphatic rings. The summed E-state index contributed by atoms with van der Waals surface area (Å²) in [7, 11) is 0. The van der Waals surface area contributed by atoms with Crippen molar-refractivity contribution in [3.63, 3.8) is 0 Å². The third-order valence-electron chi connectivity index (χ3n) is 2.26. The van der Waals surface area contributed by atoms with Gasteiger partial charge in [-0.1, -0.05) is 13.3 Å². The smallest absolute Gasteiger partial charge is 0.330 e. The lowest BCUT2D eigenvalue weighted by molar-refractivity contribution is -0.384. The Labute approximate surface area is 94.8 Å². The Kier molecular flexibility index (Phi) is 4.28. The van der Waals surface area contributed by atoms with Gasteiger partial charge in [0, 0.05) is 12.6 Å². The minimum Gasteiger partial charge on any atom is -0.363 e. The van der Waals surface area contributed by atoms with Crippen molar-refractivity contribution in [1.82, 2.24) is 9.78 Å². The predicted molar refractivity (Wildman–Crippen MR) is 62.7 cm³/mol. The Balaban J connectivity index is 2.83. The van der Waals surface area contributed by atoms with Crippen LogP contribution in [0.5, 0.6) is 0 Å². The van der Waals surface area contributed by atoms with E-state index in [4.69, 9.17) is 0 Å². The fourth-order valence-corrected chi connectivity index (χ4v) is 1.29. The number of nitro groups is 1. The highest BCUT2D eigenvalue weighted by Crippen LogP contribution is 2.23. The number of anilines is 1. The van der Waals surface area contributed by atoms with Gasteiger partial charge in [-0.15, -0.1) is 5.10 Å². The van der Waals surface area contributed by atoms with E-state index in [0.29, 0.717) is 12.4 Å². The SMILES string of the molecule is CCCCNc1nn(C(C)C)cc1[N+](=O)[O-]. The van der Waals surface area contributed by atoms with Crippen LogP contribution in [0.4, 0.5) is 11.5 Å². The minimum absolute atomic E-state index is 0.0461. The fraction of sp³-hybridized carbons (Fsp3) is 0.700. The molecule has 0 aromatic carbocycles. The summed E-state index contributed by atoms with van der Waals surface area (Å²) >= 11 is 0. The lowest BCUT2D eigenvalue weighted by Gasteiger charge is -2.03. The molecule has 0 saturated heterocycles. The molecule has 1 N–H and O–H groups in total. The van der Waals surface area contributed by atoms with E-state index in [2.05, 4.69) is 17.3 Å². The van der Waals surface area contributed by atoms with E-state index in [1.165, 1.54) is 6.20 Å². The largest absolute Gasteiger partial charge is 0.363 e.